The average Bonchev–Trinajstić information content (AvgIpc) is 3.18. The van der Waals surface area contributed by atoms with E-state index in [1.807, 2.05) is 77.4 Å². The molecule has 5 rings (SSSR count). The second-order valence-corrected chi connectivity index (χ2v) is 7.12. The van der Waals surface area contributed by atoms with Crippen molar-refractivity contribution in [2.45, 2.75) is 6.42 Å². The van der Waals surface area contributed by atoms with Crippen LogP contribution in [0.5, 0.6) is 0 Å². The molecule has 4 heteroatoms. The van der Waals surface area contributed by atoms with Crippen molar-refractivity contribution in [3.63, 3.8) is 0 Å². The molecule has 0 unspecified atom stereocenters. The minimum atomic E-state index is 0.0644. The van der Waals surface area contributed by atoms with E-state index in [-0.39, 0.29) is 12.2 Å². The molecule has 30 heavy (non-hydrogen) atoms. The first-order chi connectivity index (χ1) is 14.8. The van der Waals surface area contributed by atoms with Gasteiger partial charge in [0, 0.05) is 29.0 Å². The lowest BCUT2D eigenvalue weighted by Crippen LogP contribution is -2.10. The summed E-state index contributed by atoms with van der Waals surface area (Å²) >= 11 is 0. The second kappa shape index (κ2) is 7.76. The number of fused-ring (bicyclic) bond motifs is 1. The largest absolute Gasteiger partial charge is 0.294 e. The van der Waals surface area contributed by atoms with E-state index in [0.717, 1.165) is 27.7 Å². The van der Waals surface area contributed by atoms with Gasteiger partial charge in [-0.25, -0.2) is 9.97 Å². The molecule has 4 nitrogen and oxygen atoms in total. The summed E-state index contributed by atoms with van der Waals surface area (Å²) in [4.78, 5) is 21.9. The van der Waals surface area contributed by atoms with Crippen molar-refractivity contribution >= 4 is 16.7 Å². The molecule has 0 aliphatic heterocycles. The summed E-state index contributed by atoms with van der Waals surface area (Å²) in [7, 11) is 0. The third-order valence-electron chi connectivity index (χ3n) is 5.19. The molecule has 2 aromatic heterocycles. The standard InChI is InChI=1S/C26H19N3O/c30-25(21-13-11-20(12-14-21)19-7-2-1-3-8-19)18-23-17-22-9-4-5-10-24(22)29(23)26-27-15-6-16-28-26/h1-17H,18H2. The van der Waals surface area contributed by atoms with Gasteiger partial charge in [0.2, 0.25) is 5.95 Å². The zero-order valence-electron chi connectivity index (χ0n) is 16.3. The van der Waals surface area contributed by atoms with Gasteiger partial charge in [0.15, 0.2) is 5.78 Å². The van der Waals surface area contributed by atoms with Crippen molar-refractivity contribution in [2.75, 3.05) is 0 Å². The zero-order valence-corrected chi connectivity index (χ0v) is 16.3. The van der Waals surface area contributed by atoms with Gasteiger partial charge in [0.1, 0.15) is 0 Å². The second-order valence-electron chi connectivity index (χ2n) is 7.12. The minimum absolute atomic E-state index is 0.0644. The van der Waals surface area contributed by atoms with Crippen molar-refractivity contribution in [3.05, 3.63) is 115 Å². The maximum Gasteiger partial charge on any atom is 0.234 e. The number of hydrogen-bond donors (Lipinski definition) is 0. The first-order valence-electron chi connectivity index (χ1n) is 9.85. The smallest absolute Gasteiger partial charge is 0.234 e. The molecule has 2 heterocycles. The maximum atomic E-state index is 13.1. The molecule has 3 aromatic carbocycles. The van der Waals surface area contributed by atoms with Gasteiger partial charge in [-0.3, -0.25) is 9.36 Å². The Balaban J connectivity index is 1.48. The molecule has 144 valence electrons. The van der Waals surface area contributed by atoms with Crippen LogP contribution in [0.15, 0.2) is 103 Å². The third-order valence-corrected chi connectivity index (χ3v) is 5.19. The Kier molecular flexibility index (Phi) is 4.66. The molecule has 0 bridgehead atoms. The van der Waals surface area contributed by atoms with Crippen LogP contribution in [0.25, 0.3) is 28.0 Å². The number of nitrogens with zero attached hydrogens (tertiary/aromatic N) is 3. The molecular formula is C26H19N3O. The summed E-state index contributed by atoms with van der Waals surface area (Å²) in [5.74, 6) is 0.635. The first kappa shape index (κ1) is 18.0. The topological polar surface area (TPSA) is 47.8 Å². The van der Waals surface area contributed by atoms with E-state index in [2.05, 4.69) is 22.1 Å². The molecule has 0 N–H and O–H groups in total. The van der Waals surface area contributed by atoms with Crippen molar-refractivity contribution in [3.8, 4) is 17.1 Å². The molecule has 0 saturated heterocycles. The Hall–Kier alpha value is -4.05. The van der Waals surface area contributed by atoms with Crippen molar-refractivity contribution in [1.29, 1.82) is 0 Å². The van der Waals surface area contributed by atoms with Crippen LogP contribution in [-0.2, 0) is 6.42 Å². The predicted octanol–water partition coefficient (Wildman–Crippen LogP) is 5.51. The lowest BCUT2D eigenvalue weighted by molar-refractivity contribution is 0.0991. The Morgan fingerprint density at radius 1 is 0.733 bits per heavy atom. The van der Waals surface area contributed by atoms with E-state index in [9.17, 15) is 4.79 Å². The SMILES string of the molecule is O=C(Cc1cc2ccccc2n1-c1ncccn1)c1ccc(-c2ccccc2)cc1. The number of Topliss-reactive ketones (excluding diaryl/α,β-unsaturated/α-hetero) is 1. The summed E-state index contributed by atoms with van der Waals surface area (Å²) in [5, 5.41) is 1.06. The van der Waals surface area contributed by atoms with Crippen molar-refractivity contribution in [1.82, 2.24) is 14.5 Å². The van der Waals surface area contributed by atoms with Gasteiger partial charge in [-0.05, 0) is 29.3 Å². The van der Waals surface area contributed by atoms with Gasteiger partial charge in [-0.2, -0.15) is 0 Å². The Morgan fingerprint density at radius 2 is 1.40 bits per heavy atom. The summed E-state index contributed by atoms with van der Waals surface area (Å²) in [6.45, 7) is 0. The van der Waals surface area contributed by atoms with E-state index >= 15 is 0 Å². The fourth-order valence-electron chi connectivity index (χ4n) is 3.73. The number of carbonyl (C=O) groups is 1. The van der Waals surface area contributed by atoms with Crippen molar-refractivity contribution < 1.29 is 4.79 Å². The van der Waals surface area contributed by atoms with Gasteiger partial charge in [-0.15, -0.1) is 0 Å². The van der Waals surface area contributed by atoms with E-state index in [1.54, 1.807) is 18.5 Å². The number of rotatable bonds is 5. The molecular weight excluding hydrogens is 370 g/mol. The summed E-state index contributed by atoms with van der Waals surface area (Å²) in [5.41, 5.74) is 4.79. The minimum Gasteiger partial charge on any atom is -0.294 e. The normalized spacial score (nSPS) is 10.9. The number of ketones is 1. The highest BCUT2D eigenvalue weighted by Crippen LogP contribution is 2.24. The van der Waals surface area contributed by atoms with Crippen LogP contribution in [0.1, 0.15) is 16.1 Å². The molecule has 0 radical (unpaired) electrons. The van der Waals surface area contributed by atoms with Crippen LogP contribution in [0.4, 0.5) is 0 Å². The highest BCUT2D eigenvalue weighted by molar-refractivity contribution is 5.98. The fraction of sp³-hybridized carbons (Fsp3) is 0.0385. The quantitative estimate of drug-likeness (QED) is 0.372. The highest BCUT2D eigenvalue weighted by Gasteiger charge is 2.16. The molecule has 0 saturated carbocycles. The van der Waals surface area contributed by atoms with Gasteiger partial charge in [-0.1, -0.05) is 72.8 Å². The molecule has 0 aliphatic carbocycles. The lowest BCUT2D eigenvalue weighted by atomic mass is 10.0. The Morgan fingerprint density at radius 3 is 2.17 bits per heavy atom. The highest BCUT2D eigenvalue weighted by atomic mass is 16.1. The summed E-state index contributed by atoms with van der Waals surface area (Å²) in [6, 6.07) is 29.8. The molecule has 0 spiro atoms. The maximum absolute atomic E-state index is 13.1. The van der Waals surface area contributed by atoms with Gasteiger partial charge < -0.3 is 0 Å². The summed E-state index contributed by atoms with van der Waals surface area (Å²) < 4.78 is 1.96. The van der Waals surface area contributed by atoms with Crippen LogP contribution in [0, 0.1) is 0 Å². The number of para-hydroxylation sites is 1. The van der Waals surface area contributed by atoms with Crippen LogP contribution in [-0.4, -0.2) is 20.3 Å². The first-order valence-corrected chi connectivity index (χ1v) is 9.85. The number of hydrogen-bond acceptors (Lipinski definition) is 3. The molecule has 0 amide bonds. The van der Waals surface area contributed by atoms with Crippen LogP contribution < -0.4 is 0 Å². The third kappa shape index (κ3) is 3.40. The monoisotopic (exact) mass is 389 g/mol. The van der Waals surface area contributed by atoms with E-state index in [0.29, 0.717) is 11.5 Å². The molecule has 0 fully saturated rings. The molecule has 0 atom stereocenters. The number of aromatic nitrogens is 3. The van der Waals surface area contributed by atoms with E-state index < -0.39 is 0 Å². The van der Waals surface area contributed by atoms with Crippen molar-refractivity contribution in [2.24, 2.45) is 0 Å². The zero-order chi connectivity index (χ0) is 20.3. The van der Waals surface area contributed by atoms with Crippen LogP contribution >= 0.6 is 0 Å². The van der Waals surface area contributed by atoms with Gasteiger partial charge in [0.25, 0.3) is 0 Å². The lowest BCUT2D eigenvalue weighted by Gasteiger charge is -2.09. The van der Waals surface area contributed by atoms with Gasteiger partial charge >= 0.3 is 0 Å². The number of benzene rings is 3. The predicted molar refractivity (Wildman–Crippen MR) is 119 cm³/mol. The van der Waals surface area contributed by atoms with Gasteiger partial charge in [0.05, 0.1) is 11.9 Å². The van der Waals surface area contributed by atoms with E-state index in [1.165, 1.54) is 0 Å². The Bertz CT molecular complexity index is 1310. The number of carbonyl (C=O) groups excluding carboxylic acids is 1. The summed E-state index contributed by atoms with van der Waals surface area (Å²) in [6.07, 6.45) is 3.70. The fourth-order valence-corrected chi connectivity index (χ4v) is 3.73. The van der Waals surface area contributed by atoms with E-state index in [4.69, 9.17) is 0 Å². The van der Waals surface area contributed by atoms with Crippen LogP contribution in [0.2, 0.25) is 0 Å². The Labute approximate surface area is 174 Å². The van der Waals surface area contributed by atoms with Crippen LogP contribution in [0.3, 0.4) is 0 Å². The molecule has 5 aromatic rings. The average molecular weight is 389 g/mol. The molecule has 0 aliphatic rings.